The number of hydrogen-bond donors (Lipinski definition) is 1. The van der Waals surface area contributed by atoms with Gasteiger partial charge in [-0.05, 0) is 35.7 Å². The number of aromatic nitrogens is 4. The van der Waals surface area contributed by atoms with Crippen LogP contribution in [-0.4, -0.2) is 40.9 Å². The maximum absolute atomic E-state index is 13.5. The van der Waals surface area contributed by atoms with E-state index in [1.54, 1.807) is 24.9 Å². The van der Waals surface area contributed by atoms with Crippen LogP contribution >= 0.6 is 0 Å². The van der Waals surface area contributed by atoms with E-state index >= 15 is 0 Å². The first-order chi connectivity index (χ1) is 9.17. The zero-order valence-electron chi connectivity index (χ0n) is 11.1. The van der Waals surface area contributed by atoms with Crippen molar-refractivity contribution in [2.75, 3.05) is 20.7 Å². The first-order valence-electron chi connectivity index (χ1n) is 5.87. The highest BCUT2D eigenvalue weighted by atomic mass is 19.1. The molecule has 2 rings (SSSR count). The Bertz CT molecular complexity index is 557. The number of ether oxygens (including phenoxy) is 1. The molecular formula is C12H16FN5O. The summed E-state index contributed by atoms with van der Waals surface area (Å²) in [5.74, 6) is 0.769. The largest absolute Gasteiger partial charge is 0.496 e. The van der Waals surface area contributed by atoms with Gasteiger partial charge in [0.2, 0.25) is 0 Å². The fraction of sp³-hybridized carbons (Fsp3) is 0.417. The van der Waals surface area contributed by atoms with Gasteiger partial charge in [-0.25, -0.2) is 9.07 Å². The number of hydrogen-bond acceptors (Lipinski definition) is 5. The van der Waals surface area contributed by atoms with Crippen molar-refractivity contribution in [1.29, 1.82) is 0 Å². The summed E-state index contributed by atoms with van der Waals surface area (Å²) in [5, 5.41) is 14.5. The zero-order valence-corrected chi connectivity index (χ0v) is 11.1. The number of likely N-dealkylation sites (N-methyl/N-ethyl adjacent to an activating group) is 1. The van der Waals surface area contributed by atoms with Crippen LogP contribution in [0.5, 0.6) is 5.75 Å². The van der Waals surface area contributed by atoms with Crippen molar-refractivity contribution >= 4 is 0 Å². The number of aryl methyl sites for hydroxylation is 1. The van der Waals surface area contributed by atoms with Gasteiger partial charge in [0, 0.05) is 19.2 Å². The average molecular weight is 265 g/mol. The molecule has 0 saturated heterocycles. The fourth-order valence-corrected chi connectivity index (χ4v) is 2.05. The van der Waals surface area contributed by atoms with E-state index in [2.05, 4.69) is 20.8 Å². The molecule has 19 heavy (non-hydrogen) atoms. The molecule has 1 N–H and O–H groups in total. The summed E-state index contributed by atoms with van der Waals surface area (Å²) in [4.78, 5) is 0. The van der Waals surface area contributed by atoms with Crippen molar-refractivity contribution in [2.45, 2.75) is 5.92 Å². The lowest BCUT2D eigenvalue weighted by molar-refractivity contribution is 0.404. The molecular weight excluding hydrogens is 249 g/mol. The first-order valence-corrected chi connectivity index (χ1v) is 5.87. The quantitative estimate of drug-likeness (QED) is 0.862. The maximum atomic E-state index is 13.5. The van der Waals surface area contributed by atoms with Crippen molar-refractivity contribution in [2.24, 2.45) is 7.05 Å². The van der Waals surface area contributed by atoms with E-state index in [-0.39, 0.29) is 11.7 Å². The zero-order chi connectivity index (χ0) is 13.8. The predicted octanol–water partition coefficient (Wildman–Crippen LogP) is 0.709. The minimum atomic E-state index is -0.313. The van der Waals surface area contributed by atoms with Crippen molar-refractivity contribution < 1.29 is 9.13 Å². The minimum Gasteiger partial charge on any atom is -0.496 e. The fourth-order valence-electron chi connectivity index (χ4n) is 2.05. The molecule has 1 aromatic carbocycles. The second-order valence-corrected chi connectivity index (χ2v) is 4.16. The van der Waals surface area contributed by atoms with Gasteiger partial charge in [-0.1, -0.05) is 0 Å². The van der Waals surface area contributed by atoms with Crippen molar-refractivity contribution in [3.05, 3.63) is 35.4 Å². The summed E-state index contributed by atoms with van der Waals surface area (Å²) in [6.45, 7) is 0.577. The summed E-state index contributed by atoms with van der Waals surface area (Å²) in [6.07, 6.45) is 0. The summed E-state index contributed by atoms with van der Waals surface area (Å²) in [5.41, 5.74) is 0.717. The lowest BCUT2D eigenvalue weighted by Crippen LogP contribution is -2.22. The molecule has 0 amide bonds. The van der Waals surface area contributed by atoms with E-state index in [1.807, 2.05) is 7.05 Å². The monoisotopic (exact) mass is 265 g/mol. The Kier molecular flexibility index (Phi) is 4.06. The molecule has 1 aromatic heterocycles. The van der Waals surface area contributed by atoms with Crippen molar-refractivity contribution in [3.8, 4) is 5.75 Å². The van der Waals surface area contributed by atoms with Gasteiger partial charge in [-0.15, -0.1) is 5.10 Å². The van der Waals surface area contributed by atoms with Crippen LogP contribution in [0.4, 0.5) is 4.39 Å². The Labute approximate surface area is 110 Å². The molecule has 1 unspecified atom stereocenters. The standard InChI is InChI=1S/C12H16FN5O/c1-14-7-10(12-15-16-17-18(12)2)9-6-8(13)4-5-11(9)19-3/h4-6,10,14H,7H2,1-3H3. The third-order valence-corrected chi connectivity index (χ3v) is 2.94. The van der Waals surface area contributed by atoms with E-state index < -0.39 is 0 Å². The Balaban J connectivity index is 2.50. The summed E-state index contributed by atoms with van der Waals surface area (Å²) < 4.78 is 20.4. The van der Waals surface area contributed by atoms with Gasteiger partial charge in [0.05, 0.1) is 13.0 Å². The molecule has 0 bridgehead atoms. The number of tetrazole rings is 1. The van der Waals surface area contributed by atoms with Crippen LogP contribution in [0.2, 0.25) is 0 Å². The molecule has 2 aromatic rings. The third-order valence-electron chi connectivity index (χ3n) is 2.94. The van der Waals surface area contributed by atoms with E-state index in [4.69, 9.17) is 4.74 Å². The van der Waals surface area contributed by atoms with Crippen LogP contribution in [0.25, 0.3) is 0 Å². The Morgan fingerprint density at radius 2 is 2.26 bits per heavy atom. The summed E-state index contributed by atoms with van der Waals surface area (Å²) in [7, 11) is 5.13. The second-order valence-electron chi connectivity index (χ2n) is 4.16. The number of nitrogens with zero attached hydrogens (tertiary/aromatic N) is 4. The number of methoxy groups -OCH3 is 1. The van der Waals surface area contributed by atoms with E-state index in [9.17, 15) is 4.39 Å². The normalized spacial score (nSPS) is 12.4. The lowest BCUT2D eigenvalue weighted by Gasteiger charge is -2.18. The van der Waals surface area contributed by atoms with Gasteiger partial charge in [0.1, 0.15) is 11.6 Å². The molecule has 7 heteroatoms. The molecule has 1 atom stereocenters. The molecule has 0 saturated carbocycles. The molecule has 1 heterocycles. The molecule has 0 spiro atoms. The number of benzene rings is 1. The second kappa shape index (κ2) is 5.75. The van der Waals surface area contributed by atoms with Crippen LogP contribution in [0.15, 0.2) is 18.2 Å². The average Bonchev–Trinajstić information content (AvgIpc) is 2.82. The molecule has 102 valence electrons. The Morgan fingerprint density at radius 1 is 1.47 bits per heavy atom. The van der Waals surface area contributed by atoms with Crippen LogP contribution in [0, 0.1) is 5.82 Å². The minimum absolute atomic E-state index is 0.185. The van der Waals surface area contributed by atoms with Crippen molar-refractivity contribution in [1.82, 2.24) is 25.5 Å². The lowest BCUT2D eigenvalue weighted by atomic mass is 9.97. The predicted molar refractivity (Wildman–Crippen MR) is 67.5 cm³/mol. The molecule has 0 aliphatic carbocycles. The van der Waals surface area contributed by atoms with E-state index in [0.717, 1.165) is 5.56 Å². The van der Waals surface area contributed by atoms with Gasteiger partial charge in [-0.2, -0.15) is 0 Å². The van der Waals surface area contributed by atoms with Gasteiger partial charge in [0.15, 0.2) is 5.82 Å². The molecule has 0 radical (unpaired) electrons. The summed E-state index contributed by atoms with van der Waals surface area (Å²) >= 11 is 0. The van der Waals surface area contributed by atoms with Crippen LogP contribution in [-0.2, 0) is 7.05 Å². The Morgan fingerprint density at radius 3 is 2.84 bits per heavy atom. The molecule has 0 fully saturated rings. The number of nitrogens with one attached hydrogen (secondary N) is 1. The highest BCUT2D eigenvalue weighted by molar-refractivity contribution is 5.40. The van der Waals surface area contributed by atoms with Gasteiger partial charge in [-0.3, -0.25) is 0 Å². The van der Waals surface area contributed by atoms with Gasteiger partial charge >= 0.3 is 0 Å². The number of rotatable bonds is 5. The first kappa shape index (κ1) is 13.4. The van der Waals surface area contributed by atoms with Crippen LogP contribution < -0.4 is 10.1 Å². The SMILES string of the molecule is CNCC(c1cc(F)ccc1OC)c1nnnn1C. The van der Waals surface area contributed by atoms with E-state index in [1.165, 1.54) is 12.1 Å². The number of halogens is 1. The maximum Gasteiger partial charge on any atom is 0.159 e. The molecule has 6 nitrogen and oxygen atoms in total. The van der Waals surface area contributed by atoms with E-state index in [0.29, 0.717) is 18.1 Å². The molecule has 0 aliphatic heterocycles. The third kappa shape index (κ3) is 2.70. The van der Waals surface area contributed by atoms with Crippen molar-refractivity contribution in [3.63, 3.8) is 0 Å². The summed E-state index contributed by atoms with van der Waals surface area (Å²) in [6, 6.07) is 4.43. The highest BCUT2D eigenvalue weighted by Gasteiger charge is 2.23. The van der Waals surface area contributed by atoms with Crippen LogP contribution in [0.1, 0.15) is 17.3 Å². The Hall–Kier alpha value is -2.02. The highest BCUT2D eigenvalue weighted by Crippen LogP contribution is 2.30. The van der Waals surface area contributed by atoms with Crippen LogP contribution in [0.3, 0.4) is 0 Å². The topological polar surface area (TPSA) is 64.9 Å². The smallest absolute Gasteiger partial charge is 0.159 e. The van der Waals surface area contributed by atoms with Gasteiger partial charge in [0.25, 0.3) is 0 Å². The molecule has 0 aliphatic rings. The van der Waals surface area contributed by atoms with Gasteiger partial charge < -0.3 is 10.1 Å².